The van der Waals surface area contributed by atoms with E-state index in [2.05, 4.69) is 15.0 Å². The molecule has 1 amide bonds. The van der Waals surface area contributed by atoms with Gasteiger partial charge in [-0.1, -0.05) is 43.2 Å². The highest BCUT2D eigenvalue weighted by atomic mass is 127. The summed E-state index contributed by atoms with van der Waals surface area (Å²) in [5.41, 5.74) is 2.86. The number of nitrogens with zero attached hydrogens (tertiary/aromatic N) is 1. The fraction of sp³-hybridized carbons (Fsp3) is 0.333. The van der Waals surface area contributed by atoms with Crippen LogP contribution in [0.4, 0.5) is 0 Å². The maximum Gasteiger partial charge on any atom is 0.255 e. The van der Waals surface area contributed by atoms with Crippen LogP contribution in [-0.2, 0) is 15.8 Å². The lowest BCUT2D eigenvalue weighted by molar-refractivity contribution is 0.0964. The molecule has 1 aromatic carbocycles. The van der Waals surface area contributed by atoms with Crippen molar-refractivity contribution in [3.8, 4) is 11.3 Å². The lowest BCUT2D eigenvalue weighted by Gasteiger charge is -2.07. The van der Waals surface area contributed by atoms with Crippen molar-refractivity contribution in [2.45, 2.75) is 32.4 Å². The van der Waals surface area contributed by atoms with Crippen LogP contribution >= 0.6 is 22.6 Å². The first kappa shape index (κ1) is 22.7. The monoisotopic (exact) mass is 541 g/mol. The van der Waals surface area contributed by atoms with Gasteiger partial charge in [0.25, 0.3) is 5.91 Å². The van der Waals surface area contributed by atoms with Crippen molar-refractivity contribution in [2.24, 2.45) is 0 Å². The summed E-state index contributed by atoms with van der Waals surface area (Å²) in [4.78, 5) is 17.1. The second-order valence-electron chi connectivity index (χ2n) is 7.03. The van der Waals surface area contributed by atoms with E-state index in [4.69, 9.17) is 4.42 Å². The Bertz CT molecular complexity index is 1170. The number of fused-ring (bicyclic) bond motifs is 1. The predicted octanol–water partition coefficient (Wildman–Crippen LogP) is 3.99. The maximum atomic E-state index is 12.6. The van der Waals surface area contributed by atoms with Gasteiger partial charge in [0.1, 0.15) is 11.5 Å². The van der Waals surface area contributed by atoms with Gasteiger partial charge in [-0.2, -0.15) is 0 Å². The van der Waals surface area contributed by atoms with Crippen LogP contribution in [0, 0.1) is 10.5 Å². The maximum absolute atomic E-state index is 12.6. The van der Waals surface area contributed by atoms with Crippen molar-refractivity contribution in [3.05, 3.63) is 50.7 Å². The number of nitrogens with one attached hydrogen (secondary N) is 2. The Labute approximate surface area is 189 Å². The van der Waals surface area contributed by atoms with Crippen molar-refractivity contribution in [1.29, 1.82) is 0 Å². The highest BCUT2D eigenvalue weighted by Gasteiger charge is 2.24. The van der Waals surface area contributed by atoms with Crippen LogP contribution in [0.25, 0.3) is 22.4 Å². The molecular weight excluding hydrogens is 517 g/mol. The van der Waals surface area contributed by atoms with Crippen molar-refractivity contribution >= 4 is 49.6 Å². The highest BCUT2D eigenvalue weighted by molar-refractivity contribution is 14.1. The molecule has 0 aliphatic heterocycles. The minimum Gasteiger partial charge on any atom is -0.437 e. The quantitative estimate of drug-likeness (QED) is 0.332. The number of carbonyl (C=O) groups is 1. The first-order chi connectivity index (χ1) is 14.3. The van der Waals surface area contributed by atoms with Crippen LogP contribution in [-0.4, -0.2) is 32.9 Å². The SMILES string of the molecule is CCCCNS(=O)(=O)Cc1nc2oc(-c3ccc(C)cc3)c(C(=O)NC)c2cc1I. The summed E-state index contributed by atoms with van der Waals surface area (Å²) in [6.45, 7) is 4.38. The zero-order chi connectivity index (χ0) is 21.9. The van der Waals surface area contributed by atoms with Gasteiger partial charge in [0.15, 0.2) is 0 Å². The number of furan rings is 1. The molecule has 0 spiro atoms. The van der Waals surface area contributed by atoms with E-state index in [0.29, 0.717) is 32.5 Å². The van der Waals surface area contributed by atoms with E-state index in [1.165, 1.54) is 0 Å². The van der Waals surface area contributed by atoms with Gasteiger partial charge in [0, 0.05) is 22.7 Å². The fourth-order valence-electron chi connectivity index (χ4n) is 3.03. The number of hydrogen-bond acceptors (Lipinski definition) is 5. The van der Waals surface area contributed by atoms with Gasteiger partial charge < -0.3 is 9.73 Å². The molecule has 0 saturated carbocycles. The minimum atomic E-state index is -3.52. The van der Waals surface area contributed by atoms with Gasteiger partial charge in [0.2, 0.25) is 15.7 Å². The first-order valence-corrected chi connectivity index (χ1v) is 12.4. The summed E-state index contributed by atoms with van der Waals surface area (Å²) >= 11 is 2.05. The van der Waals surface area contributed by atoms with Gasteiger partial charge in [-0.25, -0.2) is 18.1 Å². The van der Waals surface area contributed by atoms with Crippen molar-refractivity contribution < 1.29 is 17.6 Å². The molecule has 0 bridgehead atoms. The molecule has 0 aliphatic carbocycles. The van der Waals surface area contributed by atoms with Crippen LogP contribution in [0.1, 0.15) is 41.4 Å². The molecule has 3 rings (SSSR count). The average Bonchev–Trinajstić information content (AvgIpc) is 3.06. The predicted molar refractivity (Wildman–Crippen MR) is 126 cm³/mol. The Kier molecular flexibility index (Phi) is 7.14. The first-order valence-electron chi connectivity index (χ1n) is 9.64. The summed E-state index contributed by atoms with van der Waals surface area (Å²) in [5, 5.41) is 3.20. The number of rotatable bonds is 8. The zero-order valence-electron chi connectivity index (χ0n) is 17.1. The van der Waals surface area contributed by atoms with E-state index in [0.717, 1.165) is 24.0 Å². The van der Waals surface area contributed by atoms with Gasteiger partial charge in [0.05, 0.1) is 16.6 Å². The van der Waals surface area contributed by atoms with Crippen LogP contribution in [0.2, 0.25) is 0 Å². The third-order valence-corrected chi connectivity index (χ3v) is 6.89. The molecule has 0 fully saturated rings. The van der Waals surface area contributed by atoms with E-state index in [9.17, 15) is 13.2 Å². The van der Waals surface area contributed by atoms with Crippen LogP contribution < -0.4 is 10.0 Å². The van der Waals surface area contributed by atoms with E-state index in [-0.39, 0.29) is 17.4 Å². The van der Waals surface area contributed by atoms with Gasteiger partial charge in [-0.05, 0) is 42.0 Å². The van der Waals surface area contributed by atoms with Crippen molar-refractivity contribution in [2.75, 3.05) is 13.6 Å². The van der Waals surface area contributed by atoms with E-state index < -0.39 is 10.0 Å². The molecule has 160 valence electrons. The highest BCUT2D eigenvalue weighted by Crippen LogP contribution is 2.34. The Morgan fingerprint density at radius 1 is 1.23 bits per heavy atom. The molecule has 0 unspecified atom stereocenters. The smallest absolute Gasteiger partial charge is 0.255 e. The molecule has 0 atom stereocenters. The second-order valence-corrected chi connectivity index (χ2v) is 10.00. The van der Waals surface area contributed by atoms with Gasteiger partial charge in [-0.3, -0.25) is 4.79 Å². The number of aryl methyl sites for hydroxylation is 1. The number of hydrogen-bond donors (Lipinski definition) is 2. The normalized spacial score (nSPS) is 11.7. The summed E-state index contributed by atoms with van der Waals surface area (Å²) in [6.07, 6.45) is 1.68. The molecular formula is C21H24IN3O4S. The molecule has 0 saturated heterocycles. The number of aromatic nitrogens is 1. The van der Waals surface area contributed by atoms with Crippen molar-refractivity contribution in [1.82, 2.24) is 15.0 Å². The topological polar surface area (TPSA) is 101 Å². The number of pyridine rings is 1. The number of unbranched alkanes of at least 4 members (excludes halogenated alkanes) is 1. The van der Waals surface area contributed by atoms with Crippen LogP contribution in [0.5, 0.6) is 0 Å². The van der Waals surface area contributed by atoms with Crippen molar-refractivity contribution in [3.63, 3.8) is 0 Å². The van der Waals surface area contributed by atoms with Crippen LogP contribution in [0.15, 0.2) is 34.7 Å². The average molecular weight is 541 g/mol. The lowest BCUT2D eigenvalue weighted by Crippen LogP contribution is -2.26. The second kappa shape index (κ2) is 9.44. The lowest BCUT2D eigenvalue weighted by atomic mass is 10.0. The zero-order valence-corrected chi connectivity index (χ0v) is 20.1. The van der Waals surface area contributed by atoms with E-state index >= 15 is 0 Å². The molecule has 2 aromatic heterocycles. The molecule has 0 aliphatic rings. The third-order valence-electron chi connectivity index (χ3n) is 4.66. The molecule has 9 heteroatoms. The summed E-state index contributed by atoms with van der Waals surface area (Å²) in [7, 11) is -1.96. The third kappa shape index (κ3) is 5.01. The molecule has 7 nitrogen and oxygen atoms in total. The number of halogens is 1. The van der Waals surface area contributed by atoms with E-state index in [1.54, 1.807) is 13.1 Å². The number of sulfonamides is 1. The Balaban J connectivity index is 2.08. The standard InChI is InChI=1S/C21H24IN3O4S/c1-4-5-10-24-30(27,28)12-17-16(22)11-15-18(20(26)23-3)19(29-21(15)25-17)14-8-6-13(2)7-9-14/h6-9,11,24H,4-5,10,12H2,1-3H3,(H,23,26). The number of carbonyl (C=O) groups excluding carboxylic acids is 1. The Morgan fingerprint density at radius 2 is 1.93 bits per heavy atom. The number of benzene rings is 1. The van der Waals surface area contributed by atoms with E-state index in [1.807, 2.05) is 60.7 Å². The Morgan fingerprint density at radius 3 is 2.57 bits per heavy atom. The largest absolute Gasteiger partial charge is 0.437 e. The molecule has 3 aromatic rings. The number of amides is 1. The summed E-state index contributed by atoms with van der Waals surface area (Å²) in [5.74, 6) is -0.127. The Hall–Kier alpha value is -1.98. The molecule has 2 N–H and O–H groups in total. The van der Waals surface area contributed by atoms with Gasteiger partial charge >= 0.3 is 0 Å². The summed E-state index contributed by atoms with van der Waals surface area (Å²) in [6, 6.07) is 9.40. The molecule has 0 radical (unpaired) electrons. The molecule has 2 heterocycles. The minimum absolute atomic E-state index is 0.239. The van der Waals surface area contributed by atoms with Crippen LogP contribution in [0.3, 0.4) is 0 Å². The molecule has 30 heavy (non-hydrogen) atoms. The summed E-state index contributed by atoms with van der Waals surface area (Å²) < 4.78 is 34.0. The van der Waals surface area contributed by atoms with Gasteiger partial charge in [-0.15, -0.1) is 0 Å². The fourth-order valence-corrected chi connectivity index (χ4v) is 5.05.